The van der Waals surface area contributed by atoms with Crippen molar-refractivity contribution in [3.8, 4) is 0 Å². The number of aromatic nitrogens is 1. The van der Waals surface area contributed by atoms with Crippen LogP contribution in [-0.2, 0) is 6.54 Å². The van der Waals surface area contributed by atoms with E-state index in [-0.39, 0.29) is 0 Å². The molecule has 0 fully saturated rings. The molecule has 88 valence electrons. The van der Waals surface area contributed by atoms with Crippen molar-refractivity contribution in [1.29, 1.82) is 0 Å². The first-order valence-corrected chi connectivity index (χ1v) is 6.49. The SMILES string of the molecule is C1=NC(CCn2ccc3ccccc32)CCC1. The summed E-state index contributed by atoms with van der Waals surface area (Å²) in [4.78, 5) is 4.57. The monoisotopic (exact) mass is 226 g/mol. The lowest BCUT2D eigenvalue weighted by atomic mass is 10.0. The van der Waals surface area contributed by atoms with Crippen molar-refractivity contribution in [1.82, 2.24) is 4.57 Å². The molecular weight excluding hydrogens is 208 g/mol. The Morgan fingerprint density at radius 3 is 3.06 bits per heavy atom. The standard InChI is InChI=1S/C15H18N2/c1-2-7-15-13(5-1)8-11-17(15)12-9-14-6-3-4-10-16-14/h1-2,5,7-8,10-11,14H,3-4,6,9,12H2. The molecule has 2 heterocycles. The van der Waals surface area contributed by atoms with Gasteiger partial charge in [-0.2, -0.15) is 0 Å². The lowest BCUT2D eigenvalue weighted by molar-refractivity contribution is 0.501. The molecule has 0 N–H and O–H groups in total. The van der Waals surface area contributed by atoms with Crippen LogP contribution in [0.1, 0.15) is 25.7 Å². The normalized spacial score (nSPS) is 19.9. The zero-order valence-corrected chi connectivity index (χ0v) is 10.0. The first-order chi connectivity index (χ1) is 8.43. The van der Waals surface area contributed by atoms with Gasteiger partial charge in [0.1, 0.15) is 0 Å². The van der Waals surface area contributed by atoms with Gasteiger partial charge in [0.2, 0.25) is 0 Å². The quantitative estimate of drug-likeness (QED) is 0.760. The molecule has 17 heavy (non-hydrogen) atoms. The zero-order valence-electron chi connectivity index (χ0n) is 10.0. The Labute approximate surface area is 102 Å². The smallest absolute Gasteiger partial charge is 0.0512 e. The number of rotatable bonds is 3. The molecule has 0 saturated heterocycles. The van der Waals surface area contributed by atoms with Crippen LogP contribution in [0.5, 0.6) is 0 Å². The third-order valence-corrected chi connectivity index (χ3v) is 3.57. The molecule has 0 spiro atoms. The number of hydrogen-bond donors (Lipinski definition) is 0. The van der Waals surface area contributed by atoms with Crippen molar-refractivity contribution in [2.45, 2.75) is 38.3 Å². The van der Waals surface area contributed by atoms with Crippen LogP contribution in [0.15, 0.2) is 41.5 Å². The maximum absolute atomic E-state index is 4.57. The highest BCUT2D eigenvalue weighted by molar-refractivity contribution is 5.79. The molecule has 0 saturated carbocycles. The second-order valence-corrected chi connectivity index (χ2v) is 4.77. The molecule has 2 aromatic rings. The molecule has 1 unspecified atom stereocenters. The average Bonchev–Trinajstić information content (AvgIpc) is 2.81. The van der Waals surface area contributed by atoms with E-state index in [2.05, 4.69) is 52.3 Å². The number of hydrogen-bond acceptors (Lipinski definition) is 1. The molecule has 1 atom stereocenters. The average molecular weight is 226 g/mol. The molecule has 2 heteroatoms. The number of para-hydroxylation sites is 1. The highest BCUT2D eigenvalue weighted by Gasteiger charge is 2.09. The van der Waals surface area contributed by atoms with E-state index in [0.29, 0.717) is 6.04 Å². The van der Waals surface area contributed by atoms with Crippen LogP contribution in [-0.4, -0.2) is 16.8 Å². The second-order valence-electron chi connectivity index (χ2n) is 4.77. The van der Waals surface area contributed by atoms with Crippen LogP contribution in [0.2, 0.25) is 0 Å². The van der Waals surface area contributed by atoms with Gasteiger partial charge in [0.05, 0.1) is 6.04 Å². The highest BCUT2D eigenvalue weighted by atomic mass is 15.0. The van der Waals surface area contributed by atoms with Gasteiger partial charge in [-0.25, -0.2) is 0 Å². The minimum absolute atomic E-state index is 0.546. The Morgan fingerprint density at radius 2 is 2.18 bits per heavy atom. The van der Waals surface area contributed by atoms with Crippen LogP contribution in [0, 0.1) is 0 Å². The van der Waals surface area contributed by atoms with Gasteiger partial charge in [0.25, 0.3) is 0 Å². The van der Waals surface area contributed by atoms with Crippen molar-refractivity contribution in [2.75, 3.05) is 0 Å². The summed E-state index contributed by atoms with van der Waals surface area (Å²) in [6.45, 7) is 1.08. The van der Waals surface area contributed by atoms with Gasteiger partial charge in [0.15, 0.2) is 0 Å². The Hall–Kier alpha value is -1.57. The molecule has 1 aromatic heterocycles. The van der Waals surface area contributed by atoms with E-state index in [1.54, 1.807) is 0 Å². The van der Waals surface area contributed by atoms with Gasteiger partial charge in [-0.3, -0.25) is 4.99 Å². The highest BCUT2D eigenvalue weighted by Crippen LogP contribution is 2.18. The fraction of sp³-hybridized carbons (Fsp3) is 0.400. The van der Waals surface area contributed by atoms with Gasteiger partial charge in [-0.05, 0) is 49.4 Å². The van der Waals surface area contributed by atoms with E-state index in [1.165, 1.54) is 30.2 Å². The van der Waals surface area contributed by atoms with Crippen molar-refractivity contribution in [2.24, 2.45) is 4.99 Å². The zero-order chi connectivity index (χ0) is 11.5. The number of fused-ring (bicyclic) bond motifs is 1. The van der Waals surface area contributed by atoms with Crippen LogP contribution in [0.3, 0.4) is 0 Å². The van der Waals surface area contributed by atoms with Gasteiger partial charge in [-0.15, -0.1) is 0 Å². The molecular formula is C15H18N2. The largest absolute Gasteiger partial charge is 0.347 e. The van der Waals surface area contributed by atoms with E-state index in [0.717, 1.165) is 13.0 Å². The molecule has 1 aliphatic rings. The maximum atomic E-state index is 4.57. The lowest BCUT2D eigenvalue weighted by Crippen LogP contribution is -2.12. The van der Waals surface area contributed by atoms with Gasteiger partial charge in [-0.1, -0.05) is 18.2 Å². The summed E-state index contributed by atoms with van der Waals surface area (Å²) in [5, 5.41) is 1.33. The predicted molar refractivity (Wildman–Crippen MR) is 72.7 cm³/mol. The maximum Gasteiger partial charge on any atom is 0.0512 e. The minimum atomic E-state index is 0.546. The van der Waals surface area contributed by atoms with Crippen molar-refractivity contribution in [3.05, 3.63) is 36.5 Å². The fourth-order valence-electron chi connectivity index (χ4n) is 2.59. The molecule has 1 aromatic carbocycles. The molecule has 3 rings (SSSR count). The van der Waals surface area contributed by atoms with Crippen molar-refractivity contribution in [3.63, 3.8) is 0 Å². The van der Waals surface area contributed by atoms with Crippen molar-refractivity contribution < 1.29 is 0 Å². The van der Waals surface area contributed by atoms with Crippen molar-refractivity contribution >= 4 is 17.1 Å². The Kier molecular flexibility index (Phi) is 2.95. The molecule has 2 nitrogen and oxygen atoms in total. The summed E-state index contributed by atoms with van der Waals surface area (Å²) in [6, 6.07) is 11.3. The summed E-state index contributed by atoms with van der Waals surface area (Å²) in [6.07, 6.45) is 9.19. The predicted octanol–water partition coefficient (Wildman–Crippen LogP) is 3.65. The molecule has 0 radical (unpaired) electrons. The van der Waals surface area contributed by atoms with Crippen LogP contribution < -0.4 is 0 Å². The second kappa shape index (κ2) is 4.74. The van der Waals surface area contributed by atoms with E-state index in [1.807, 2.05) is 0 Å². The first kappa shape index (κ1) is 10.6. The van der Waals surface area contributed by atoms with E-state index >= 15 is 0 Å². The number of benzene rings is 1. The molecule has 0 aliphatic carbocycles. The van der Waals surface area contributed by atoms with E-state index in [4.69, 9.17) is 0 Å². The third kappa shape index (κ3) is 2.26. The lowest BCUT2D eigenvalue weighted by Gasteiger charge is -2.16. The topological polar surface area (TPSA) is 17.3 Å². The molecule has 1 aliphatic heterocycles. The van der Waals surface area contributed by atoms with Gasteiger partial charge >= 0.3 is 0 Å². The number of aryl methyl sites for hydroxylation is 1. The first-order valence-electron chi connectivity index (χ1n) is 6.49. The Balaban J connectivity index is 1.72. The molecule has 0 bridgehead atoms. The number of aliphatic imine (C=N–C) groups is 1. The molecule has 0 amide bonds. The van der Waals surface area contributed by atoms with Gasteiger partial charge < -0.3 is 4.57 Å². The van der Waals surface area contributed by atoms with Crippen LogP contribution in [0.25, 0.3) is 10.9 Å². The Morgan fingerprint density at radius 1 is 1.24 bits per heavy atom. The summed E-state index contributed by atoms with van der Waals surface area (Å²) >= 11 is 0. The third-order valence-electron chi connectivity index (χ3n) is 3.57. The fourth-order valence-corrected chi connectivity index (χ4v) is 2.59. The van der Waals surface area contributed by atoms with E-state index in [9.17, 15) is 0 Å². The number of nitrogens with zero attached hydrogens (tertiary/aromatic N) is 2. The van der Waals surface area contributed by atoms with Gasteiger partial charge in [0, 0.05) is 18.3 Å². The minimum Gasteiger partial charge on any atom is -0.347 e. The van der Waals surface area contributed by atoms with E-state index < -0.39 is 0 Å². The Bertz CT molecular complexity index is 524. The van der Waals surface area contributed by atoms with Crippen LogP contribution in [0.4, 0.5) is 0 Å². The summed E-state index contributed by atoms with van der Waals surface area (Å²) < 4.78 is 2.35. The summed E-state index contributed by atoms with van der Waals surface area (Å²) in [5.74, 6) is 0. The van der Waals surface area contributed by atoms with Crippen LogP contribution >= 0.6 is 0 Å². The summed E-state index contributed by atoms with van der Waals surface area (Å²) in [5.41, 5.74) is 1.34. The summed E-state index contributed by atoms with van der Waals surface area (Å²) in [7, 11) is 0.